The Morgan fingerprint density at radius 3 is 2.71 bits per heavy atom. The Hall–Kier alpha value is -2.63. The Morgan fingerprint density at radius 1 is 1.29 bits per heavy atom. The zero-order valence-electron chi connectivity index (χ0n) is 11.2. The maximum Gasteiger partial charge on any atom is 0.387 e. The first-order chi connectivity index (χ1) is 10.0. The number of nitrogens with one attached hydrogen (secondary N) is 1. The molecule has 1 amide bonds. The van der Waals surface area contributed by atoms with Crippen LogP contribution in [-0.4, -0.2) is 12.5 Å². The number of rotatable bonds is 5. The number of carbonyl (C=O) groups excluding carboxylic acids is 1. The number of para-hydroxylation sites is 2. The van der Waals surface area contributed by atoms with E-state index in [0.717, 1.165) is 5.76 Å². The van der Waals surface area contributed by atoms with Crippen molar-refractivity contribution in [3.8, 4) is 5.75 Å². The number of halogens is 2. The van der Waals surface area contributed by atoms with Crippen LogP contribution < -0.4 is 10.1 Å². The summed E-state index contributed by atoms with van der Waals surface area (Å²) >= 11 is 0. The van der Waals surface area contributed by atoms with Crippen LogP contribution in [-0.2, 0) is 4.79 Å². The Labute approximate surface area is 120 Å². The molecule has 0 fully saturated rings. The molecule has 0 atom stereocenters. The van der Waals surface area contributed by atoms with E-state index in [9.17, 15) is 13.6 Å². The minimum absolute atomic E-state index is 0.0944. The van der Waals surface area contributed by atoms with E-state index in [1.807, 2.05) is 0 Å². The smallest absolute Gasteiger partial charge is 0.387 e. The number of alkyl halides is 2. The number of carbonyl (C=O) groups is 1. The summed E-state index contributed by atoms with van der Waals surface area (Å²) in [5.74, 6) is 0.683. The molecule has 0 aliphatic heterocycles. The maximum absolute atomic E-state index is 12.2. The monoisotopic (exact) mass is 293 g/mol. The average molecular weight is 293 g/mol. The zero-order valence-corrected chi connectivity index (χ0v) is 11.2. The second kappa shape index (κ2) is 6.69. The van der Waals surface area contributed by atoms with E-state index in [1.165, 1.54) is 30.4 Å². The number of benzene rings is 1. The van der Waals surface area contributed by atoms with Crippen molar-refractivity contribution in [2.24, 2.45) is 0 Å². The molecule has 1 N–H and O–H groups in total. The SMILES string of the molecule is Cc1ccc(/C=C/C(=O)Nc2ccccc2OC(F)F)o1. The van der Waals surface area contributed by atoms with Crippen molar-refractivity contribution in [3.63, 3.8) is 0 Å². The first kappa shape index (κ1) is 14.8. The summed E-state index contributed by atoms with van der Waals surface area (Å²) in [5.41, 5.74) is 0.170. The Bertz CT molecular complexity index is 650. The normalized spacial score (nSPS) is 11.0. The second-order valence-electron chi connectivity index (χ2n) is 4.15. The molecule has 0 aliphatic carbocycles. The average Bonchev–Trinajstić information content (AvgIpc) is 2.84. The molecule has 1 heterocycles. The Balaban J connectivity index is 2.04. The van der Waals surface area contributed by atoms with Crippen LogP contribution in [0.3, 0.4) is 0 Å². The molecule has 0 aliphatic rings. The van der Waals surface area contributed by atoms with Gasteiger partial charge in [0.25, 0.3) is 0 Å². The molecule has 0 bridgehead atoms. The molecule has 4 nitrogen and oxygen atoms in total. The molecule has 0 spiro atoms. The summed E-state index contributed by atoms with van der Waals surface area (Å²) in [7, 11) is 0. The van der Waals surface area contributed by atoms with E-state index in [1.54, 1.807) is 25.1 Å². The lowest BCUT2D eigenvalue weighted by atomic mass is 10.3. The van der Waals surface area contributed by atoms with Crippen molar-refractivity contribution in [2.75, 3.05) is 5.32 Å². The van der Waals surface area contributed by atoms with E-state index in [0.29, 0.717) is 5.76 Å². The number of aryl methyl sites for hydroxylation is 1. The third-order valence-corrected chi connectivity index (χ3v) is 2.52. The number of anilines is 1. The van der Waals surface area contributed by atoms with Crippen molar-refractivity contribution in [1.82, 2.24) is 0 Å². The van der Waals surface area contributed by atoms with Crippen molar-refractivity contribution in [3.05, 3.63) is 54.0 Å². The first-order valence-electron chi connectivity index (χ1n) is 6.14. The molecular weight excluding hydrogens is 280 g/mol. The summed E-state index contributed by atoms with van der Waals surface area (Å²) in [5, 5.41) is 2.47. The molecule has 0 saturated heterocycles. The van der Waals surface area contributed by atoms with Gasteiger partial charge in [0.15, 0.2) is 0 Å². The number of furan rings is 1. The molecule has 0 saturated carbocycles. The van der Waals surface area contributed by atoms with E-state index >= 15 is 0 Å². The van der Waals surface area contributed by atoms with Gasteiger partial charge in [0.1, 0.15) is 17.3 Å². The van der Waals surface area contributed by atoms with Gasteiger partial charge in [0.2, 0.25) is 5.91 Å². The van der Waals surface area contributed by atoms with Crippen LogP contribution in [0, 0.1) is 6.92 Å². The van der Waals surface area contributed by atoms with Crippen LogP contribution in [0.5, 0.6) is 5.75 Å². The molecule has 6 heteroatoms. The first-order valence-corrected chi connectivity index (χ1v) is 6.14. The van der Waals surface area contributed by atoms with E-state index in [4.69, 9.17) is 4.42 Å². The van der Waals surface area contributed by atoms with Crippen LogP contribution in [0.2, 0.25) is 0 Å². The topological polar surface area (TPSA) is 51.5 Å². The maximum atomic E-state index is 12.2. The van der Waals surface area contributed by atoms with Gasteiger partial charge in [0, 0.05) is 6.08 Å². The van der Waals surface area contributed by atoms with Crippen molar-refractivity contribution in [1.29, 1.82) is 0 Å². The summed E-state index contributed by atoms with van der Waals surface area (Å²) < 4.78 is 34.1. The molecule has 0 radical (unpaired) electrons. The highest BCUT2D eigenvalue weighted by molar-refractivity contribution is 6.02. The minimum atomic E-state index is -2.95. The van der Waals surface area contributed by atoms with Gasteiger partial charge in [0.05, 0.1) is 5.69 Å². The number of hydrogen-bond donors (Lipinski definition) is 1. The van der Waals surface area contributed by atoms with Crippen LogP contribution in [0.15, 0.2) is 46.9 Å². The van der Waals surface area contributed by atoms with Crippen molar-refractivity contribution >= 4 is 17.7 Å². The third kappa shape index (κ3) is 4.45. The summed E-state index contributed by atoms with van der Waals surface area (Å²) in [6.07, 6.45) is 2.73. The van der Waals surface area contributed by atoms with Gasteiger partial charge in [-0.25, -0.2) is 0 Å². The summed E-state index contributed by atoms with van der Waals surface area (Å²) in [6.45, 7) is -1.17. The number of hydrogen-bond acceptors (Lipinski definition) is 3. The third-order valence-electron chi connectivity index (χ3n) is 2.52. The van der Waals surface area contributed by atoms with E-state index in [-0.39, 0.29) is 11.4 Å². The molecule has 0 unspecified atom stereocenters. The lowest BCUT2D eigenvalue weighted by molar-refractivity contribution is -0.111. The van der Waals surface area contributed by atoms with Gasteiger partial charge in [-0.1, -0.05) is 12.1 Å². The molecule has 110 valence electrons. The highest BCUT2D eigenvalue weighted by Crippen LogP contribution is 2.25. The predicted molar refractivity (Wildman–Crippen MR) is 74.2 cm³/mol. The standard InChI is InChI=1S/C15H13F2NO3/c1-10-6-7-11(20-10)8-9-14(19)18-12-4-2-3-5-13(12)21-15(16)17/h2-9,15H,1H3,(H,18,19)/b9-8+. The largest absolute Gasteiger partial charge is 0.462 e. The van der Waals surface area contributed by atoms with Gasteiger partial charge in [-0.3, -0.25) is 4.79 Å². The van der Waals surface area contributed by atoms with Crippen molar-refractivity contribution < 1.29 is 22.7 Å². The summed E-state index contributed by atoms with van der Waals surface area (Å²) in [4.78, 5) is 11.7. The molecule has 1 aromatic carbocycles. The molecule has 2 rings (SSSR count). The lowest BCUT2D eigenvalue weighted by Crippen LogP contribution is -2.11. The Kier molecular flexibility index (Phi) is 4.71. The van der Waals surface area contributed by atoms with E-state index in [2.05, 4.69) is 10.1 Å². The molecule has 2 aromatic rings. The minimum Gasteiger partial charge on any atom is -0.462 e. The van der Waals surface area contributed by atoms with Crippen LogP contribution in [0.4, 0.5) is 14.5 Å². The van der Waals surface area contributed by atoms with Crippen LogP contribution in [0.25, 0.3) is 6.08 Å². The van der Waals surface area contributed by atoms with Gasteiger partial charge in [-0.15, -0.1) is 0 Å². The van der Waals surface area contributed by atoms with Crippen molar-refractivity contribution in [2.45, 2.75) is 13.5 Å². The fourth-order valence-electron chi connectivity index (χ4n) is 1.64. The highest BCUT2D eigenvalue weighted by Gasteiger charge is 2.10. The van der Waals surface area contributed by atoms with Gasteiger partial charge in [-0.05, 0) is 37.3 Å². The predicted octanol–water partition coefficient (Wildman–Crippen LogP) is 3.84. The summed E-state index contributed by atoms with van der Waals surface area (Å²) in [6, 6.07) is 9.45. The zero-order chi connectivity index (χ0) is 15.2. The number of ether oxygens (including phenoxy) is 1. The Morgan fingerprint density at radius 2 is 2.05 bits per heavy atom. The van der Waals surface area contributed by atoms with Gasteiger partial charge < -0.3 is 14.5 Å². The van der Waals surface area contributed by atoms with Gasteiger partial charge in [-0.2, -0.15) is 8.78 Å². The van der Waals surface area contributed by atoms with Crippen LogP contribution >= 0.6 is 0 Å². The highest BCUT2D eigenvalue weighted by atomic mass is 19.3. The quantitative estimate of drug-likeness (QED) is 0.852. The number of amides is 1. The molecular formula is C15H13F2NO3. The lowest BCUT2D eigenvalue weighted by Gasteiger charge is -2.10. The van der Waals surface area contributed by atoms with E-state index < -0.39 is 12.5 Å². The molecule has 21 heavy (non-hydrogen) atoms. The fourth-order valence-corrected chi connectivity index (χ4v) is 1.64. The second-order valence-corrected chi connectivity index (χ2v) is 4.15. The van der Waals surface area contributed by atoms with Gasteiger partial charge >= 0.3 is 6.61 Å². The van der Waals surface area contributed by atoms with Crippen LogP contribution in [0.1, 0.15) is 11.5 Å². The fraction of sp³-hybridized carbons (Fsp3) is 0.133. The molecule has 1 aromatic heterocycles.